The van der Waals surface area contributed by atoms with Crippen LogP contribution < -0.4 is 9.47 Å². The van der Waals surface area contributed by atoms with Crippen LogP contribution in [0.4, 0.5) is 0 Å². The number of ether oxygens (including phenoxy) is 2. The first-order valence-electron chi connectivity index (χ1n) is 11.6. The van der Waals surface area contributed by atoms with Gasteiger partial charge in [-0.15, -0.1) is 5.10 Å². The van der Waals surface area contributed by atoms with Crippen molar-refractivity contribution in [3.63, 3.8) is 0 Å². The van der Waals surface area contributed by atoms with E-state index in [1.807, 2.05) is 22.9 Å². The van der Waals surface area contributed by atoms with Crippen molar-refractivity contribution in [1.82, 2.24) is 25.1 Å². The fraction of sp³-hybridized carbons (Fsp3) is 0.296. The highest BCUT2D eigenvalue weighted by molar-refractivity contribution is 5.45. The van der Waals surface area contributed by atoms with Crippen molar-refractivity contribution >= 4 is 0 Å². The summed E-state index contributed by atoms with van der Waals surface area (Å²) >= 11 is 0. The molecule has 0 amide bonds. The van der Waals surface area contributed by atoms with Crippen LogP contribution in [0.2, 0.25) is 0 Å². The molecule has 0 N–H and O–H groups in total. The van der Waals surface area contributed by atoms with E-state index >= 15 is 0 Å². The zero-order chi connectivity index (χ0) is 23.3. The normalized spacial score (nSPS) is 14.4. The van der Waals surface area contributed by atoms with Crippen molar-refractivity contribution in [3.8, 4) is 11.5 Å². The summed E-state index contributed by atoms with van der Waals surface area (Å²) in [6.07, 6.45) is 1.85. The summed E-state index contributed by atoms with van der Waals surface area (Å²) in [6, 6.07) is 25.1. The zero-order valence-corrected chi connectivity index (χ0v) is 19.6. The van der Waals surface area contributed by atoms with Crippen molar-refractivity contribution in [2.45, 2.75) is 32.0 Å². The molecule has 0 saturated carbocycles. The van der Waals surface area contributed by atoms with Gasteiger partial charge < -0.3 is 9.47 Å². The van der Waals surface area contributed by atoms with Crippen LogP contribution in [0, 0.1) is 0 Å². The summed E-state index contributed by atoms with van der Waals surface area (Å²) < 4.78 is 13.0. The zero-order valence-electron chi connectivity index (χ0n) is 19.6. The molecule has 0 saturated heterocycles. The Morgan fingerprint density at radius 1 is 0.882 bits per heavy atom. The number of hydrogen-bond acceptors (Lipinski definition) is 6. The van der Waals surface area contributed by atoms with Gasteiger partial charge in [0.05, 0.1) is 20.3 Å². The molecule has 1 aliphatic heterocycles. The van der Waals surface area contributed by atoms with Crippen molar-refractivity contribution in [2.75, 3.05) is 20.8 Å². The minimum Gasteiger partial charge on any atom is -0.493 e. The average Bonchev–Trinajstić information content (AvgIpc) is 3.36. The molecule has 1 aliphatic rings. The van der Waals surface area contributed by atoms with E-state index in [0.717, 1.165) is 37.3 Å². The summed E-state index contributed by atoms with van der Waals surface area (Å²) in [4.78, 5) is 2.45. The van der Waals surface area contributed by atoms with Gasteiger partial charge in [0.2, 0.25) is 0 Å². The van der Waals surface area contributed by atoms with E-state index in [1.165, 1.54) is 16.7 Å². The lowest BCUT2D eigenvalue weighted by Crippen LogP contribution is -2.36. The molecular weight excluding hydrogens is 426 g/mol. The second-order valence-electron chi connectivity index (χ2n) is 8.50. The van der Waals surface area contributed by atoms with Crippen LogP contribution in [0.25, 0.3) is 0 Å². The van der Waals surface area contributed by atoms with Crippen LogP contribution in [-0.4, -0.2) is 45.9 Å². The molecule has 174 valence electrons. The molecule has 2 heterocycles. The van der Waals surface area contributed by atoms with E-state index in [4.69, 9.17) is 9.47 Å². The Morgan fingerprint density at radius 2 is 1.65 bits per heavy atom. The van der Waals surface area contributed by atoms with Gasteiger partial charge in [-0.05, 0) is 57.7 Å². The highest BCUT2D eigenvalue weighted by atomic mass is 16.5. The molecule has 7 heteroatoms. The first-order chi connectivity index (χ1) is 16.8. The van der Waals surface area contributed by atoms with E-state index in [-0.39, 0.29) is 6.04 Å². The summed E-state index contributed by atoms with van der Waals surface area (Å²) in [5, 5.41) is 13.0. The largest absolute Gasteiger partial charge is 0.493 e. The summed E-state index contributed by atoms with van der Waals surface area (Å²) in [6.45, 7) is 2.46. The summed E-state index contributed by atoms with van der Waals surface area (Å²) in [7, 11) is 3.32. The molecule has 1 aromatic heterocycles. The topological polar surface area (TPSA) is 65.3 Å². The molecule has 0 spiro atoms. The van der Waals surface area contributed by atoms with E-state index in [0.29, 0.717) is 18.0 Å². The number of fused-ring (bicyclic) bond motifs is 1. The highest BCUT2D eigenvalue weighted by Crippen LogP contribution is 2.36. The van der Waals surface area contributed by atoms with Crippen LogP contribution in [0.1, 0.15) is 34.1 Å². The molecule has 5 rings (SSSR count). The Morgan fingerprint density at radius 3 is 2.44 bits per heavy atom. The Kier molecular flexibility index (Phi) is 6.53. The van der Waals surface area contributed by atoms with Gasteiger partial charge >= 0.3 is 0 Å². The number of nitrogens with zero attached hydrogens (tertiary/aromatic N) is 5. The number of benzene rings is 3. The lowest BCUT2D eigenvalue weighted by molar-refractivity contribution is 0.194. The molecule has 3 aromatic carbocycles. The predicted octanol–water partition coefficient (Wildman–Crippen LogP) is 4.08. The van der Waals surface area contributed by atoms with Gasteiger partial charge in [0.1, 0.15) is 0 Å². The third-order valence-electron chi connectivity index (χ3n) is 6.51. The van der Waals surface area contributed by atoms with Gasteiger partial charge in [0, 0.05) is 19.6 Å². The maximum absolute atomic E-state index is 5.62. The second kappa shape index (κ2) is 10.1. The van der Waals surface area contributed by atoms with E-state index in [1.54, 1.807) is 14.2 Å². The maximum atomic E-state index is 5.62. The number of hydrogen-bond donors (Lipinski definition) is 0. The van der Waals surface area contributed by atoms with Crippen LogP contribution >= 0.6 is 0 Å². The third kappa shape index (κ3) is 4.52. The summed E-state index contributed by atoms with van der Waals surface area (Å²) in [5.74, 6) is 2.24. The smallest absolute Gasteiger partial charge is 0.173 e. The van der Waals surface area contributed by atoms with Gasteiger partial charge in [-0.1, -0.05) is 60.7 Å². The first-order valence-corrected chi connectivity index (χ1v) is 11.6. The van der Waals surface area contributed by atoms with Gasteiger partial charge in [-0.3, -0.25) is 4.90 Å². The van der Waals surface area contributed by atoms with Crippen molar-refractivity contribution in [1.29, 1.82) is 0 Å². The molecular formula is C27H29N5O2. The maximum Gasteiger partial charge on any atom is 0.173 e. The molecule has 7 nitrogen and oxygen atoms in total. The number of aromatic nitrogens is 4. The fourth-order valence-corrected chi connectivity index (χ4v) is 4.73. The minimum atomic E-state index is -0.112. The van der Waals surface area contributed by atoms with Crippen LogP contribution in [-0.2, 0) is 25.9 Å². The van der Waals surface area contributed by atoms with Gasteiger partial charge in [0.15, 0.2) is 17.3 Å². The standard InChI is InChI=1S/C27H29N5O2/c1-33-24-13-12-22(18-25(24)34-2)26(31-16-15-21-10-6-7-11-23(21)19-31)27-28-29-30-32(27)17-14-20-8-4-3-5-9-20/h3-13,18,26H,14-17,19H2,1-2H3/t26-/m1/s1. The molecule has 0 unspecified atom stereocenters. The van der Waals surface area contributed by atoms with Crippen molar-refractivity contribution in [2.24, 2.45) is 0 Å². The van der Waals surface area contributed by atoms with Crippen molar-refractivity contribution < 1.29 is 9.47 Å². The van der Waals surface area contributed by atoms with E-state index in [9.17, 15) is 0 Å². The molecule has 34 heavy (non-hydrogen) atoms. The number of aryl methyl sites for hydroxylation is 2. The Hall–Kier alpha value is -3.71. The number of rotatable bonds is 8. The van der Waals surface area contributed by atoms with Gasteiger partial charge in [-0.25, -0.2) is 4.68 Å². The van der Waals surface area contributed by atoms with E-state index < -0.39 is 0 Å². The van der Waals surface area contributed by atoms with Gasteiger partial charge in [0.25, 0.3) is 0 Å². The van der Waals surface area contributed by atoms with Crippen LogP contribution in [0.15, 0.2) is 72.8 Å². The lowest BCUT2D eigenvalue weighted by atomic mass is 9.95. The molecule has 0 bridgehead atoms. The third-order valence-corrected chi connectivity index (χ3v) is 6.51. The van der Waals surface area contributed by atoms with Crippen LogP contribution in [0.3, 0.4) is 0 Å². The predicted molar refractivity (Wildman–Crippen MR) is 130 cm³/mol. The minimum absolute atomic E-state index is 0.112. The highest BCUT2D eigenvalue weighted by Gasteiger charge is 2.31. The first kappa shape index (κ1) is 22.1. The van der Waals surface area contributed by atoms with E-state index in [2.05, 4.69) is 75.0 Å². The molecule has 0 radical (unpaired) electrons. The number of tetrazole rings is 1. The molecule has 0 fully saturated rings. The Balaban J connectivity index is 1.51. The SMILES string of the molecule is COc1ccc([C@H](c2nnnn2CCc2ccccc2)N2CCc3ccccc3C2)cc1OC. The summed E-state index contributed by atoms with van der Waals surface area (Å²) in [5.41, 5.74) is 5.10. The number of methoxy groups -OCH3 is 2. The van der Waals surface area contributed by atoms with Gasteiger partial charge in [-0.2, -0.15) is 0 Å². The molecule has 1 atom stereocenters. The second-order valence-corrected chi connectivity index (χ2v) is 8.50. The molecule has 4 aromatic rings. The van der Waals surface area contributed by atoms with Crippen molar-refractivity contribution in [3.05, 3.63) is 101 Å². The Labute approximate surface area is 199 Å². The fourth-order valence-electron chi connectivity index (χ4n) is 4.73. The average molecular weight is 456 g/mol. The quantitative estimate of drug-likeness (QED) is 0.399. The monoisotopic (exact) mass is 455 g/mol. The van der Waals surface area contributed by atoms with Crippen LogP contribution in [0.5, 0.6) is 11.5 Å². The Bertz CT molecular complexity index is 1240. The molecule has 0 aliphatic carbocycles. The lowest BCUT2D eigenvalue weighted by Gasteiger charge is -2.35.